The molecule has 0 fully saturated rings. The third-order valence-corrected chi connectivity index (χ3v) is 4.58. The molecule has 4 nitrogen and oxygen atoms in total. The van der Waals surface area contributed by atoms with Crippen LogP contribution in [0.4, 0.5) is 5.95 Å². The Labute approximate surface area is 166 Å². The van der Waals surface area contributed by atoms with Crippen molar-refractivity contribution in [2.45, 2.75) is 13.5 Å². The van der Waals surface area contributed by atoms with E-state index >= 15 is 0 Å². The number of carbonyl (C=O) groups excluding carboxylic acids is 1. The Morgan fingerprint density at radius 3 is 2.52 bits per heavy atom. The van der Waals surface area contributed by atoms with E-state index in [1.807, 2.05) is 42.1 Å². The van der Waals surface area contributed by atoms with Crippen molar-refractivity contribution in [3.63, 3.8) is 0 Å². The van der Waals surface area contributed by atoms with Crippen molar-refractivity contribution in [3.8, 4) is 11.3 Å². The molecule has 1 aromatic heterocycles. The third-order valence-electron chi connectivity index (χ3n) is 4.09. The number of benzene rings is 2. The summed E-state index contributed by atoms with van der Waals surface area (Å²) in [6, 6.07) is 15.6. The smallest absolute Gasteiger partial charge is 0.355 e. The Morgan fingerprint density at radius 2 is 1.88 bits per heavy atom. The fourth-order valence-electron chi connectivity index (χ4n) is 2.64. The van der Waals surface area contributed by atoms with Gasteiger partial charge in [-0.25, -0.2) is 9.13 Å². The molecule has 0 saturated heterocycles. The number of Topliss-reactive ketones (excluding diaryl/α,β-unsaturated/α-hetero) is 1. The maximum atomic E-state index is 12.5. The first-order chi connectivity index (χ1) is 11.5. The summed E-state index contributed by atoms with van der Waals surface area (Å²) < 4.78 is 4.58. The first-order valence-electron chi connectivity index (χ1n) is 7.66. The van der Waals surface area contributed by atoms with Crippen LogP contribution in [0.3, 0.4) is 0 Å². The van der Waals surface area contributed by atoms with Crippen LogP contribution in [0.5, 0.6) is 0 Å². The minimum absolute atomic E-state index is 0. The molecule has 0 aliphatic heterocycles. The van der Waals surface area contributed by atoms with Gasteiger partial charge in [0.05, 0.1) is 7.05 Å². The van der Waals surface area contributed by atoms with Gasteiger partial charge in [-0.2, -0.15) is 0 Å². The Balaban J connectivity index is 0.00000225. The zero-order chi connectivity index (χ0) is 17.3. The second-order valence-electron chi connectivity index (χ2n) is 5.86. The van der Waals surface area contributed by atoms with E-state index in [9.17, 15) is 4.79 Å². The highest BCUT2D eigenvalue weighted by Gasteiger charge is 2.20. The van der Waals surface area contributed by atoms with E-state index < -0.39 is 0 Å². The predicted octanol–water partition coefficient (Wildman–Crippen LogP) is 0.520. The topological polar surface area (TPSA) is 51.9 Å². The third kappa shape index (κ3) is 4.19. The van der Waals surface area contributed by atoms with Crippen molar-refractivity contribution in [1.82, 2.24) is 4.57 Å². The Bertz CT molecular complexity index is 902. The standard InChI is InChI=1S/C19H18BrN3O.BrH/c1-13-6-8-14(9-7-13)17-11-23(19(21)22(17)2)12-18(24)15-4-3-5-16(20)10-15;/h3-11,21H,12H2,1-2H3;1H. The number of hydrogen-bond donors (Lipinski definition) is 1. The van der Waals surface area contributed by atoms with Gasteiger partial charge in [0.15, 0.2) is 5.78 Å². The van der Waals surface area contributed by atoms with Crippen LogP contribution in [0, 0.1) is 6.92 Å². The summed E-state index contributed by atoms with van der Waals surface area (Å²) in [5, 5.41) is 0. The van der Waals surface area contributed by atoms with Crippen molar-refractivity contribution in [2.24, 2.45) is 7.05 Å². The minimum Gasteiger partial charge on any atom is -1.00 e. The van der Waals surface area contributed by atoms with Crippen LogP contribution in [0.25, 0.3) is 11.3 Å². The number of halogens is 2. The molecule has 0 aliphatic carbocycles. The van der Waals surface area contributed by atoms with Crippen LogP contribution in [0.2, 0.25) is 0 Å². The summed E-state index contributed by atoms with van der Waals surface area (Å²) in [5.41, 5.74) is 10.1. The van der Waals surface area contributed by atoms with Crippen molar-refractivity contribution in [1.29, 1.82) is 0 Å². The highest BCUT2D eigenvalue weighted by Crippen LogP contribution is 2.20. The first kappa shape index (κ1) is 19.4. The van der Waals surface area contributed by atoms with Crippen LogP contribution in [0.1, 0.15) is 15.9 Å². The zero-order valence-electron chi connectivity index (χ0n) is 14.0. The molecule has 2 aromatic carbocycles. The number of anilines is 1. The number of aryl methyl sites for hydroxylation is 1. The van der Waals surface area contributed by atoms with Gasteiger partial charge in [0.1, 0.15) is 18.4 Å². The molecule has 0 aliphatic rings. The van der Waals surface area contributed by atoms with Gasteiger partial charge in [0, 0.05) is 15.6 Å². The lowest BCUT2D eigenvalue weighted by Crippen LogP contribution is -3.00. The number of rotatable bonds is 4. The summed E-state index contributed by atoms with van der Waals surface area (Å²) >= 11 is 3.39. The van der Waals surface area contributed by atoms with E-state index in [-0.39, 0.29) is 29.3 Å². The zero-order valence-corrected chi connectivity index (χ0v) is 17.2. The lowest BCUT2D eigenvalue weighted by molar-refractivity contribution is -0.667. The van der Waals surface area contributed by atoms with Crippen molar-refractivity contribution < 1.29 is 26.3 Å². The molecule has 25 heavy (non-hydrogen) atoms. The Morgan fingerprint density at radius 1 is 1.20 bits per heavy atom. The summed E-state index contributed by atoms with van der Waals surface area (Å²) in [5.74, 6) is 0.572. The largest absolute Gasteiger partial charge is 1.00 e. The van der Waals surface area contributed by atoms with Gasteiger partial charge in [0.2, 0.25) is 0 Å². The number of nitrogens with two attached hydrogens (primary N) is 1. The van der Waals surface area contributed by atoms with Gasteiger partial charge >= 0.3 is 5.95 Å². The molecule has 0 atom stereocenters. The van der Waals surface area contributed by atoms with E-state index in [1.54, 1.807) is 4.57 Å². The van der Waals surface area contributed by atoms with Crippen molar-refractivity contribution >= 4 is 27.7 Å². The molecule has 6 heteroatoms. The number of nitrogens with zero attached hydrogens (tertiary/aromatic N) is 2. The van der Waals surface area contributed by atoms with Crippen LogP contribution in [-0.4, -0.2) is 10.4 Å². The molecule has 0 saturated carbocycles. The monoisotopic (exact) mass is 463 g/mol. The lowest BCUT2D eigenvalue weighted by atomic mass is 10.1. The summed E-state index contributed by atoms with van der Waals surface area (Å²) in [7, 11) is 1.91. The fourth-order valence-corrected chi connectivity index (χ4v) is 3.04. The van der Waals surface area contributed by atoms with Gasteiger partial charge in [-0.3, -0.25) is 10.5 Å². The summed E-state index contributed by atoms with van der Waals surface area (Å²) in [6.07, 6.45) is 1.93. The SMILES string of the molecule is Cc1ccc(-c2c[n+](CC(=O)c3cccc(Br)c3)c(N)n2C)cc1.[Br-]. The molecule has 0 radical (unpaired) electrons. The van der Waals surface area contributed by atoms with Gasteiger partial charge in [-0.1, -0.05) is 57.9 Å². The molecule has 3 rings (SSSR count). The van der Waals surface area contributed by atoms with Gasteiger partial charge in [-0.05, 0) is 19.1 Å². The number of ketones is 1. The number of imidazole rings is 1. The first-order valence-corrected chi connectivity index (χ1v) is 8.45. The van der Waals surface area contributed by atoms with Gasteiger partial charge in [0.25, 0.3) is 0 Å². The average Bonchev–Trinajstić information content (AvgIpc) is 2.84. The van der Waals surface area contributed by atoms with E-state index in [0.717, 1.165) is 15.7 Å². The molecular weight excluding hydrogens is 446 g/mol. The number of hydrogen-bond acceptors (Lipinski definition) is 2. The maximum absolute atomic E-state index is 12.5. The maximum Gasteiger partial charge on any atom is 0.355 e. The summed E-state index contributed by atoms with van der Waals surface area (Å²) in [6.45, 7) is 2.27. The van der Waals surface area contributed by atoms with E-state index in [4.69, 9.17) is 5.73 Å². The number of nitrogen functional groups attached to an aromatic ring is 1. The molecule has 2 N–H and O–H groups in total. The minimum atomic E-state index is 0. The molecule has 130 valence electrons. The van der Waals surface area contributed by atoms with E-state index in [0.29, 0.717) is 11.5 Å². The van der Waals surface area contributed by atoms with Crippen LogP contribution >= 0.6 is 15.9 Å². The predicted molar refractivity (Wildman–Crippen MR) is 98.7 cm³/mol. The van der Waals surface area contributed by atoms with E-state index in [2.05, 4.69) is 47.1 Å². The van der Waals surface area contributed by atoms with Crippen molar-refractivity contribution in [2.75, 3.05) is 5.73 Å². The highest BCUT2D eigenvalue weighted by atomic mass is 79.9. The molecule has 0 bridgehead atoms. The molecule has 3 aromatic rings. The molecule has 0 unspecified atom stereocenters. The van der Waals surface area contributed by atoms with Crippen LogP contribution < -0.4 is 27.3 Å². The molecule has 0 spiro atoms. The van der Waals surface area contributed by atoms with E-state index in [1.165, 1.54) is 5.56 Å². The summed E-state index contributed by atoms with van der Waals surface area (Å²) in [4.78, 5) is 12.5. The van der Waals surface area contributed by atoms with Crippen LogP contribution in [-0.2, 0) is 13.6 Å². The van der Waals surface area contributed by atoms with Crippen LogP contribution in [0.15, 0.2) is 59.2 Å². The Hall–Kier alpha value is -1.92. The second kappa shape index (κ2) is 7.97. The molecular formula is C19H19Br2N3O. The second-order valence-corrected chi connectivity index (χ2v) is 6.77. The van der Waals surface area contributed by atoms with Gasteiger partial charge < -0.3 is 17.0 Å². The molecule has 1 heterocycles. The number of carbonyl (C=O) groups is 1. The Kier molecular flexibility index (Phi) is 6.19. The van der Waals surface area contributed by atoms with Crippen molar-refractivity contribution in [3.05, 3.63) is 70.3 Å². The highest BCUT2D eigenvalue weighted by molar-refractivity contribution is 9.10. The molecule has 0 amide bonds. The van der Waals surface area contributed by atoms with Gasteiger partial charge in [-0.15, -0.1) is 0 Å². The fraction of sp³-hybridized carbons (Fsp3) is 0.158. The lowest BCUT2D eigenvalue weighted by Gasteiger charge is -2.01. The quantitative estimate of drug-likeness (QED) is 0.452. The average molecular weight is 465 g/mol. The number of aromatic nitrogens is 2. The normalized spacial score (nSPS) is 10.4.